The van der Waals surface area contributed by atoms with E-state index in [0.29, 0.717) is 5.71 Å². The summed E-state index contributed by atoms with van der Waals surface area (Å²) in [5.41, 5.74) is 2.11. The summed E-state index contributed by atoms with van der Waals surface area (Å²) < 4.78 is 0. The fraction of sp³-hybridized carbons (Fsp3) is 0.667. The summed E-state index contributed by atoms with van der Waals surface area (Å²) in [6.07, 6.45) is 1.92. The van der Waals surface area contributed by atoms with Crippen LogP contribution in [0.5, 0.6) is 0 Å². The Morgan fingerprint density at radius 1 is 1.20 bits per heavy atom. The summed E-state index contributed by atoms with van der Waals surface area (Å²) in [5, 5.41) is 7.23. The highest BCUT2D eigenvalue weighted by atomic mass is 14.4. The zero-order valence-corrected chi connectivity index (χ0v) is 7.58. The predicted octanol–water partition coefficient (Wildman–Crippen LogP) is 3.02. The van der Waals surface area contributed by atoms with Crippen LogP contribution in [-0.2, 0) is 0 Å². The first-order valence-corrected chi connectivity index (χ1v) is 3.58. The Morgan fingerprint density at radius 2 is 1.60 bits per heavy atom. The van der Waals surface area contributed by atoms with Gasteiger partial charge in [0.15, 0.2) is 0 Å². The van der Waals surface area contributed by atoms with Crippen LogP contribution in [0.4, 0.5) is 0 Å². The minimum Gasteiger partial charge on any atom is -0.306 e. The van der Waals surface area contributed by atoms with Gasteiger partial charge in [-0.05, 0) is 25.3 Å². The SMILES string of the molecule is CC(=N)/C=C(\C)C(C)(C)C. The molecule has 1 heteroatoms. The fourth-order valence-electron chi connectivity index (χ4n) is 0.541. The number of allylic oxidation sites excluding steroid dienone is 2. The maximum Gasteiger partial charge on any atom is 0.0282 e. The second-order valence-corrected chi connectivity index (χ2v) is 3.76. The van der Waals surface area contributed by atoms with Crippen LogP contribution in [-0.4, -0.2) is 5.71 Å². The van der Waals surface area contributed by atoms with Gasteiger partial charge in [0.05, 0.1) is 0 Å². The van der Waals surface area contributed by atoms with E-state index in [2.05, 4.69) is 27.7 Å². The third kappa shape index (κ3) is 3.44. The minimum absolute atomic E-state index is 0.211. The van der Waals surface area contributed by atoms with Crippen molar-refractivity contribution in [1.29, 1.82) is 5.41 Å². The fourth-order valence-corrected chi connectivity index (χ4v) is 0.541. The van der Waals surface area contributed by atoms with Gasteiger partial charge >= 0.3 is 0 Å². The summed E-state index contributed by atoms with van der Waals surface area (Å²) in [7, 11) is 0. The smallest absolute Gasteiger partial charge is 0.0282 e. The van der Waals surface area contributed by atoms with Crippen molar-refractivity contribution in [3.8, 4) is 0 Å². The first kappa shape index (κ1) is 9.41. The van der Waals surface area contributed by atoms with Gasteiger partial charge < -0.3 is 5.41 Å². The van der Waals surface area contributed by atoms with E-state index in [4.69, 9.17) is 5.41 Å². The first-order valence-electron chi connectivity index (χ1n) is 3.58. The summed E-state index contributed by atoms with van der Waals surface area (Å²) in [6, 6.07) is 0. The highest BCUT2D eigenvalue weighted by molar-refractivity contribution is 5.90. The quantitative estimate of drug-likeness (QED) is 0.540. The molecule has 0 aliphatic carbocycles. The summed E-state index contributed by atoms with van der Waals surface area (Å²) in [5.74, 6) is 0. The molecule has 0 spiro atoms. The van der Waals surface area contributed by atoms with Gasteiger partial charge in [0.1, 0.15) is 0 Å². The monoisotopic (exact) mass is 139 g/mol. The third-order valence-electron chi connectivity index (χ3n) is 1.62. The molecule has 0 atom stereocenters. The lowest BCUT2D eigenvalue weighted by atomic mass is 9.87. The molecule has 0 aromatic rings. The average molecular weight is 139 g/mol. The van der Waals surface area contributed by atoms with E-state index >= 15 is 0 Å². The van der Waals surface area contributed by atoms with E-state index in [1.54, 1.807) is 6.92 Å². The lowest BCUT2D eigenvalue weighted by Gasteiger charge is -2.19. The number of nitrogens with one attached hydrogen (secondary N) is 1. The molecule has 0 aromatic carbocycles. The molecule has 0 radical (unpaired) electrons. The third-order valence-corrected chi connectivity index (χ3v) is 1.62. The summed E-state index contributed by atoms with van der Waals surface area (Å²) in [4.78, 5) is 0. The minimum atomic E-state index is 0.211. The molecule has 1 nitrogen and oxygen atoms in total. The van der Waals surface area contributed by atoms with Crippen LogP contribution in [0.25, 0.3) is 0 Å². The Morgan fingerprint density at radius 3 is 1.70 bits per heavy atom. The molecular weight excluding hydrogens is 122 g/mol. The van der Waals surface area contributed by atoms with Gasteiger partial charge in [-0.25, -0.2) is 0 Å². The standard InChI is InChI=1S/C9H17N/c1-7(6-8(2)10)9(3,4)5/h6,10H,1-5H3/b7-6+,10-8?. The maximum atomic E-state index is 7.23. The molecule has 0 aromatic heterocycles. The molecule has 58 valence electrons. The molecule has 0 fully saturated rings. The molecule has 0 rings (SSSR count). The summed E-state index contributed by atoms with van der Waals surface area (Å²) in [6.45, 7) is 10.3. The van der Waals surface area contributed by atoms with Crippen LogP contribution in [0.3, 0.4) is 0 Å². The molecule has 1 N–H and O–H groups in total. The van der Waals surface area contributed by atoms with Crippen molar-refractivity contribution in [3.63, 3.8) is 0 Å². The van der Waals surface area contributed by atoms with E-state index < -0.39 is 0 Å². The molecule has 0 saturated carbocycles. The Kier molecular flexibility index (Phi) is 2.82. The molecule has 0 aliphatic heterocycles. The molecule has 0 aliphatic rings. The van der Waals surface area contributed by atoms with Crippen LogP contribution >= 0.6 is 0 Å². The molecular formula is C9H17N. The van der Waals surface area contributed by atoms with Gasteiger partial charge in [0.25, 0.3) is 0 Å². The van der Waals surface area contributed by atoms with Crippen molar-refractivity contribution in [2.75, 3.05) is 0 Å². The molecule has 0 bridgehead atoms. The lowest BCUT2D eigenvalue weighted by molar-refractivity contribution is 0.504. The topological polar surface area (TPSA) is 23.9 Å². The van der Waals surface area contributed by atoms with Crippen LogP contribution in [0.2, 0.25) is 0 Å². The number of hydrogen-bond acceptors (Lipinski definition) is 1. The predicted molar refractivity (Wildman–Crippen MR) is 46.6 cm³/mol. The first-order chi connectivity index (χ1) is 4.34. The van der Waals surface area contributed by atoms with Gasteiger partial charge in [-0.15, -0.1) is 0 Å². The largest absolute Gasteiger partial charge is 0.306 e. The second kappa shape index (κ2) is 3.00. The van der Waals surface area contributed by atoms with Crippen molar-refractivity contribution >= 4 is 5.71 Å². The molecule has 0 amide bonds. The highest BCUT2D eigenvalue weighted by Gasteiger charge is 2.11. The van der Waals surface area contributed by atoms with Gasteiger partial charge in [-0.3, -0.25) is 0 Å². The second-order valence-electron chi connectivity index (χ2n) is 3.76. The van der Waals surface area contributed by atoms with Crippen molar-refractivity contribution in [2.24, 2.45) is 5.41 Å². The number of rotatable bonds is 1. The van der Waals surface area contributed by atoms with E-state index in [-0.39, 0.29) is 5.41 Å². The van der Waals surface area contributed by atoms with Gasteiger partial charge in [0.2, 0.25) is 0 Å². The van der Waals surface area contributed by atoms with Gasteiger partial charge in [-0.2, -0.15) is 0 Å². The average Bonchev–Trinajstić information content (AvgIpc) is 1.60. The van der Waals surface area contributed by atoms with Crippen molar-refractivity contribution in [3.05, 3.63) is 11.6 Å². The Bertz CT molecular complexity index is 158. The van der Waals surface area contributed by atoms with Crippen LogP contribution in [0.15, 0.2) is 11.6 Å². The number of hydrogen-bond donors (Lipinski definition) is 1. The van der Waals surface area contributed by atoms with Crippen LogP contribution in [0, 0.1) is 10.8 Å². The summed E-state index contributed by atoms with van der Waals surface area (Å²) >= 11 is 0. The van der Waals surface area contributed by atoms with E-state index in [0.717, 1.165) is 0 Å². The van der Waals surface area contributed by atoms with E-state index in [1.165, 1.54) is 5.57 Å². The van der Waals surface area contributed by atoms with E-state index in [1.807, 2.05) is 6.08 Å². The van der Waals surface area contributed by atoms with Crippen molar-refractivity contribution in [1.82, 2.24) is 0 Å². The Hall–Kier alpha value is -0.590. The zero-order chi connectivity index (χ0) is 8.36. The molecule has 10 heavy (non-hydrogen) atoms. The highest BCUT2D eigenvalue weighted by Crippen LogP contribution is 2.23. The van der Waals surface area contributed by atoms with Gasteiger partial charge in [-0.1, -0.05) is 26.3 Å². The molecule has 0 heterocycles. The van der Waals surface area contributed by atoms with Crippen LogP contribution < -0.4 is 0 Å². The zero-order valence-electron chi connectivity index (χ0n) is 7.58. The Balaban J connectivity index is 4.35. The molecule has 0 unspecified atom stereocenters. The lowest BCUT2D eigenvalue weighted by Crippen LogP contribution is -2.07. The maximum absolute atomic E-state index is 7.23. The van der Waals surface area contributed by atoms with Crippen molar-refractivity contribution in [2.45, 2.75) is 34.6 Å². The molecule has 0 saturated heterocycles. The van der Waals surface area contributed by atoms with Crippen molar-refractivity contribution < 1.29 is 0 Å². The van der Waals surface area contributed by atoms with E-state index in [9.17, 15) is 0 Å². The Labute approximate surface area is 63.7 Å². The van der Waals surface area contributed by atoms with Crippen LogP contribution in [0.1, 0.15) is 34.6 Å². The normalized spacial score (nSPS) is 13.5. The van der Waals surface area contributed by atoms with Gasteiger partial charge in [0, 0.05) is 5.71 Å².